The molecule has 0 saturated carbocycles. The number of rotatable bonds is 7. The van der Waals surface area contributed by atoms with Gasteiger partial charge in [-0.15, -0.1) is 13.2 Å². The molecule has 14 heteroatoms. The summed E-state index contributed by atoms with van der Waals surface area (Å²) in [6.45, 7) is -1.75. The highest BCUT2D eigenvalue weighted by molar-refractivity contribution is 6.06. The first kappa shape index (κ1) is 27.5. The van der Waals surface area contributed by atoms with Crippen molar-refractivity contribution in [3.8, 4) is 5.75 Å². The molecule has 37 heavy (non-hydrogen) atoms. The molecule has 7 nitrogen and oxygen atoms in total. The molecule has 2 amide bonds. The fraction of sp³-hybridized carbons (Fsp3) is 0.261. The Morgan fingerprint density at radius 3 is 2.41 bits per heavy atom. The Morgan fingerprint density at radius 2 is 1.81 bits per heavy atom. The van der Waals surface area contributed by atoms with E-state index in [9.17, 15) is 40.3 Å². The third kappa shape index (κ3) is 6.37. The average Bonchev–Trinajstić information content (AvgIpc) is 2.79. The van der Waals surface area contributed by atoms with Gasteiger partial charge in [0.05, 0.1) is 12.0 Å². The summed E-state index contributed by atoms with van der Waals surface area (Å²) in [7, 11) is 1.39. The molecule has 0 unspecified atom stereocenters. The Hall–Kier alpha value is -4.10. The van der Waals surface area contributed by atoms with E-state index in [0.29, 0.717) is 23.2 Å². The van der Waals surface area contributed by atoms with Gasteiger partial charge in [0, 0.05) is 42.4 Å². The summed E-state index contributed by atoms with van der Waals surface area (Å²) in [5, 5.41) is 12.5. The molecule has 1 aliphatic rings. The number of alkyl halides is 6. The SMILES string of the molecule is CN/C=C(\C=N)[C@H]1[C@H](C(=O)Nc2ccc(F)c(OC(F)(F)F)c2)c2ccccc2C(=O)N1CC(F)(F)F. The maximum atomic E-state index is 13.8. The van der Waals surface area contributed by atoms with E-state index in [0.717, 1.165) is 12.3 Å². The molecule has 2 aromatic carbocycles. The van der Waals surface area contributed by atoms with Crippen molar-refractivity contribution in [2.75, 3.05) is 18.9 Å². The summed E-state index contributed by atoms with van der Waals surface area (Å²) >= 11 is 0. The lowest BCUT2D eigenvalue weighted by Gasteiger charge is -2.42. The van der Waals surface area contributed by atoms with Gasteiger partial charge in [-0.05, 0) is 23.8 Å². The lowest BCUT2D eigenvalue weighted by Crippen LogP contribution is -2.55. The second kappa shape index (κ2) is 10.5. The monoisotopic (exact) mass is 532 g/mol. The predicted octanol–water partition coefficient (Wildman–Crippen LogP) is 4.59. The van der Waals surface area contributed by atoms with Crippen LogP contribution in [0.5, 0.6) is 5.75 Å². The van der Waals surface area contributed by atoms with Crippen LogP contribution < -0.4 is 15.4 Å². The molecule has 1 heterocycles. The quantitative estimate of drug-likeness (QED) is 0.359. The first-order valence-corrected chi connectivity index (χ1v) is 10.5. The van der Waals surface area contributed by atoms with Crippen molar-refractivity contribution in [2.45, 2.75) is 24.5 Å². The van der Waals surface area contributed by atoms with Crippen molar-refractivity contribution in [1.29, 1.82) is 5.41 Å². The van der Waals surface area contributed by atoms with Crippen molar-refractivity contribution < 1.29 is 45.1 Å². The molecule has 0 fully saturated rings. The molecule has 0 spiro atoms. The van der Waals surface area contributed by atoms with Crippen molar-refractivity contribution in [3.05, 3.63) is 71.2 Å². The zero-order valence-electron chi connectivity index (χ0n) is 18.9. The second-order valence-corrected chi connectivity index (χ2v) is 7.82. The fourth-order valence-electron chi connectivity index (χ4n) is 4.00. The standard InChI is InChI=1S/C23H19F7N4O3/c1-32-10-12(9-31)19-18(14-4-2-3-5-15(14)21(36)34(19)11-22(25,26)27)20(35)33-13-6-7-16(24)17(8-13)37-23(28,29)30/h2-10,18-19,31-32H,11H2,1H3,(H,33,35)/b12-10+,31-9?/t18-,19+/m1/s1. The van der Waals surface area contributed by atoms with E-state index in [4.69, 9.17) is 5.41 Å². The van der Waals surface area contributed by atoms with Crippen LogP contribution in [-0.4, -0.2) is 55.1 Å². The molecule has 0 saturated heterocycles. The number of hydrogen-bond acceptors (Lipinski definition) is 5. The van der Waals surface area contributed by atoms with Gasteiger partial charge in [-0.1, -0.05) is 18.2 Å². The maximum absolute atomic E-state index is 13.8. The second-order valence-electron chi connectivity index (χ2n) is 7.82. The first-order chi connectivity index (χ1) is 17.3. The topological polar surface area (TPSA) is 94.5 Å². The summed E-state index contributed by atoms with van der Waals surface area (Å²) < 4.78 is 95.7. The number of halogens is 7. The van der Waals surface area contributed by atoms with E-state index >= 15 is 0 Å². The van der Waals surface area contributed by atoms with E-state index in [-0.39, 0.29) is 22.4 Å². The van der Waals surface area contributed by atoms with Crippen LogP contribution in [0.25, 0.3) is 0 Å². The van der Waals surface area contributed by atoms with Crippen LogP contribution in [-0.2, 0) is 4.79 Å². The zero-order chi connectivity index (χ0) is 27.5. The molecular formula is C23H19F7N4O3. The molecule has 2 aromatic rings. The van der Waals surface area contributed by atoms with Crippen molar-refractivity contribution in [3.63, 3.8) is 0 Å². The van der Waals surface area contributed by atoms with Crippen LogP contribution in [0.2, 0.25) is 0 Å². The number of carbonyl (C=O) groups excluding carboxylic acids is 2. The zero-order valence-corrected chi connectivity index (χ0v) is 18.9. The van der Waals surface area contributed by atoms with Crippen molar-refractivity contribution in [1.82, 2.24) is 10.2 Å². The van der Waals surface area contributed by atoms with Crippen LogP contribution in [0.15, 0.2) is 54.2 Å². The van der Waals surface area contributed by atoms with Crippen LogP contribution in [0.3, 0.4) is 0 Å². The number of ether oxygens (including phenoxy) is 1. The summed E-state index contributed by atoms with van der Waals surface area (Å²) in [6, 6.07) is 5.88. The third-order valence-corrected chi connectivity index (χ3v) is 5.31. The van der Waals surface area contributed by atoms with Crippen LogP contribution in [0.1, 0.15) is 21.8 Å². The first-order valence-electron chi connectivity index (χ1n) is 10.5. The van der Waals surface area contributed by atoms with Gasteiger partial charge in [0.25, 0.3) is 5.91 Å². The van der Waals surface area contributed by atoms with Gasteiger partial charge in [0.1, 0.15) is 6.54 Å². The number of benzene rings is 2. The summed E-state index contributed by atoms with van der Waals surface area (Å²) in [5.41, 5.74) is -0.673. The molecule has 0 bridgehead atoms. The summed E-state index contributed by atoms with van der Waals surface area (Å²) in [5.74, 6) is -6.20. The highest BCUT2D eigenvalue weighted by Crippen LogP contribution is 2.39. The molecule has 1 aliphatic heterocycles. The van der Waals surface area contributed by atoms with Gasteiger partial charge < -0.3 is 25.7 Å². The van der Waals surface area contributed by atoms with Gasteiger partial charge in [0.2, 0.25) is 5.91 Å². The largest absolute Gasteiger partial charge is 0.573 e. The molecule has 2 atom stereocenters. The predicted molar refractivity (Wildman–Crippen MR) is 118 cm³/mol. The smallest absolute Gasteiger partial charge is 0.403 e. The van der Waals surface area contributed by atoms with Gasteiger partial charge in [-0.2, -0.15) is 13.2 Å². The van der Waals surface area contributed by atoms with E-state index in [1.807, 2.05) is 0 Å². The Bertz CT molecular complexity index is 1230. The molecule has 0 aliphatic carbocycles. The minimum absolute atomic E-state index is 0.0335. The van der Waals surface area contributed by atoms with Crippen LogP contribution in [0.4, 0.5) is 36.4 Å². The third-order valence-electron chi connectivity index (χ3n) is 5.31. The molecule has 198 valence electrons. The lowest BCUT2D eigenvalue weighted by molar-refractivity contribution is -0.275. The van der Waals surface area contributed by atoms with Crippen molar-refractivity contribution in [2.24, 2.45) is 0 Å². The maximum Gasteiger partial charge on any atom is 0.573 e. The van der Waals surface area contributed by atoms with Crippen molar-refractivity contribution >= 4 is 23.7 Å². The van der Waals surface area contributed by atoms with Gasteiger partial charge in [-0.25, -0.2) is 4.39 Å². The Balaban J connectivity index is 2.12. The molecule has 3 N–H and O–H groups in total. The average molecular weight is 532 g/mol. The molecular weight excluding hydrogens is 513 g/mol. The highest BCUT2D eigenvalue weighted by Gasteiger charge is 2.48. The van der Waals surface area contributed by atoms with Gasteiger partial charge in [0.15, 0.2) is 11.6 Å². The summed E-state index contributed by atoms with van der Waals surface area (Å²) in [4.78, 5) is 26.9. The Morgan fingerprint density at radius 1 is 1.14 bits per heavy atom. The number of carbonyl (C=O) groups is 2. The fourth-order valence-corrected chi connectivity index (χ4v) is 4.00. The minimum Gasteiger partial charge on any atom is -0.403 e. The number of anilines is 1. The van der Waals surface area contributed by atoms with E-state index < -0.39 is 54.4 Å². The number of amides is 2. The van der Waals surface area contributed by atoms with Crippen LogP contribution in [0, 0.1) is 11.2 Å². The van der Waals surface area contributed by atoms with E-state index in [2.05, 4.69) is 15.4 Å². The number of nitrogens with one attached hydrogen (secondary N) is 3. The number of nitrogens with zero attached hydrogens (tertiary/aromatic N) is 1. The molecule has 3 rings (SSSR count). The minimum atomic E-state index is -5.23. The number of fused-ring (bicyclic) bond motifs is 1. The number of hydrogen-bond donors (Lipinski definition) is 3. The Kier molecular flexibility index (Phi) is 7.79. The Labute approximate surface area is 205 Å². The summed E-state index contributed by atoms with van der Waals surface area (Å²) in [6.07, 6.45) is -8.27. The van der Waals surface area contributed by atoms with Gasteiger partial charge in [-0.3, -0.25) is 9.59 Å². The molecule has 0 radical (unpaired) electrons. The molecule has 0 aromatic heterocycles. The van der Waals surface area contributed by atoms with Gasteiger partial charge >= 0.3 is 12.5 Å². The lowest BCUT2D eigenvalue weighted by atomic mass is 9.79. The van der Waals surface area contributed by atoms with Crippen LogP contribution >= 0.6 is 0 Å². The highest BCUT2D eigenvalue weighted by atomic mass is 19.4. The van der Waals surface area contributed by atoms with E-state index in [1.165, 1.54) is 31.3 Å². The normalized spacial score (nSPS) is 18.2. The van der Waals surface area contributed by atoms with E-state index in [1.54, 1.807) is 0 Å².